The number of anilines is 1. The molecule has 27 heavy (non-hydrogen) atoms. The molecule has 1 aliphatic heterocycles. The van der Waals surface area contributed by atoms with Gasteiger partial charge in [-0.3, -0.25) is 4.72 Å². The first kappa shape index (κ1) is 20.6. The Labute approximate surface area is 172 Å². The van der Waals surface area contributed by atoms with E-state index in [1.807, 2.05) is 0 Å². The lowest BCUT2D eigenvalue weighted by Crippen LogP contribution is -2.35. The first-order chi connectivity index (χ1) is 12.7. The van der Waals surface area contributed by atoms with Crippen molar-refractivity contribution in [2.75, 3.05) is 17.8 Å². The van der Waals surface area contributed by atoms with E-state index in [2.05, 4.69) is 20.7 Å². The topological polar surface area (TPSA) is 83.5 Å². The summed E-state index contributed by atoms with van der Waals surface area (Å²) >= 11 is 9.26. The van der Waals surface area contributed by atoms with Gasteiger partial charge >= 0.3 is 0 Å². The number of hydrogen-bond donors (Lipinski definition) is 1. The number of nitrogens with one attached hydrogen (secondary N) is 1. The Bertz CT molecular complexity index is 1050. The van der Waals surface area contributed by atoms with E-state index < -0.39 is 20.0 Å². The number of piperidine rings is 1. The highest BCUT2D eigenvalue weighted by molar-refractivity contribution is 9.10. The highest BCUT2D eigenvalue weighted by Gasteiger charge is 2.26. The number of rotatable bonds is 5. The molecule has 10 heteroatoms. The van der Waals surface area contributed by atoms with Crippen LogP contribution in [0.4, 0.5) is 5.69 Å². The van der Waals surface area contributed by atoms with Crippen LogP contribution in [0.2, 0.25) is 5.02 Å². The van der Waals surface area contributed by atoms with E-state index in [4.69, 9.17) is 11.6 Å². The SMILES string of the molecule is O=S(=O)(Nc1cccc(S(=O)(=O)N2CCCCC2)c1)c1ccc(Br)cc1Cl. The zero-order valence-corrected chi connectivity index (χ0v) is 18.2. The molecule has 0 aliphatic carbocycles. The quantitative estimate of drug-likeness (QED) is 0.680. The molecular formula is C17H18BrClN2O4S2. The van der Waals surface area contributed by atoms with Crippen molar-refractivity contribution in [3.63, 3.8) is 0 Å². The van der Waals surface area contributed by atoms with Crippen LogP contribution in [-0.2, 0) is 20.0 Å². The van der Waals surface area contributed by atoms with E-state index in [0.717, 1.165) is 19.3 Å². The van der Waals surface area contributed by atoms with E-state index in [-0.39, 0.29) is 20.5 Å². The van der Waals surface area contributed by atoms with Crippen LogP contribution in [0.3, 0.4) is 0 Å². The molecular weight excluding hydrogens is 476 g/mol. The predicted octanol–water partition coefficient (Wildman–Crippen LogP) is 4.08. The minimum atomic E-state index is -3.96. The molecule has 1 saturated heterocycles. The smallest absolute Gasteiger partial charge is 0.263 e. The number of sulfonamides is 2. The fourth-order valence-electron chi connectivity index (χ4n) is 2.88. The van der Waals surface area contributed by atoms with Gasteiger partial charge in [0.15, 0.2) is 0 Å². The summed E-state index contributed by atoms with van der Waals surface area (Å²) in [4.78, 5) is -0.0249. The zero-order chi connectivity index (χ0) is 19.7. The Kier molecular flexibility index (Phi) is 6.17. The number of halogens is 2. The first-order valence-electron chi connectivity index (χ1n) is 8.28. The van der Waals surface area contributed by atoms with Crippen LogP contribution in [0.5, 0.6) is 0 Å². The van der Waals surface area contributed by atoms with Gasteiger partial charge < -0.3 is 0 Å². The fourth-order valence-corrected chi connectivity index (χ4v) is 6.53. The largest absolute Gasteiger partial charge is 0.280 e. The molecule has 3 rings (SSSR count). The Morgan fingerprint density at radius 3 is 2.33 bits per heavy atom. The molecule has 0 bridgehead atoms. The van der Waals surface area contributed by atoms with E-state index in [0.29, 0.717) is 17.6 Å². The summed E-state index contributed by atoms with van der Waals surface area (Å²) in [5.41, 5.74) is 0.159. The second kappa shape index (κ2) is 8.08. The maximum Gasteiger partial charge on any atom is 0.263 e. The molecule has 1 heterocycles. The minimum absolute atomic E-state index is 0.0616. The lowest BCUT2D eigenvalue weighted by atomic mass is 10.2. The van der Waals surface area contributed by atoms with Crippen molar-refractivity contribution in [2.24, 2.45) is 0 Å². The van der Waals surface area contributed by atoms with E-state index in [1.165, 1.54) is 40.7 Å². The van der Waals surface area contributed by atoms with Crippen molar-refractivity contribution in [3.8, 4) is 0 Å². The third-order valence-electron chi connectivity index (χ3n) is 4.22. The van der Waals surface area contributed by atoms with Crippen molar-refractivity contribution in [1.82, 2.24) is 4.31 Å². The summed E-state index contributed by atoms with van der Waals surface area (Å²) < 4.78 is 55.3. The van der Waals surface area contributed by atoms with Crippen molar-refractivity contribution in [3.05, 3.63) is 52.0 Å². The summed E-state index contributed by atoms with van der Waals surface area (Å²) in [7, 11) is -7.61. The molecule has 2 aromatic rings. The minimum Gasteiger partial charge on any atom is -0.280 e. The van der Waals surface area contributed by atoms with E-state index in [1.54, 1.807) is 6.07 Å². The van der Waals surface area contributed by atoms with Gasteiger partial charge in [0.2, 0.25) is 10.0 Å². The van der Waals surface area contributed by atoms with Gasteiger partial charge in [0.25, 0.3) is 10.0 Å². The molecule has 0 atom stereocenters. The lowest BCUT2D eigenvalue weighted by Gasteiger charge is -2.26. The number of hydrogen-bond acceptors (Lipinski definition) is 4. The molecule has 0 amide bonds. The average molecular weight is 494 g/mol. The highest BCUT2D eigenvalue weighted by Crippen LogP contribution is 2.28. The Hall–Kier alpha value is -1.13. The van der Waals surface area contributed by atoms with Gasteiger partial charge in [-0.2, -0.15) is 4.31 Å². The molecule has 0 radical (unpaired) electrons. The standard InChI is InChI=1S/C17H18BrClN2O4S2/c18-13-7-8-17(16(19)11-13)26(22,23)20-14-5-4-6-15(12-14)27(24,25)21-9-2-1-3-10-21/h4-8,11-12,20H,1-3,9-10H2. The molecule has 2 aromatic carbocycles. The zero-order valence-electron chi connectivity index (χ0n) is 14.2. The van der Waals surface area contributed by atoms with Crippen molar-refractivity contribution >= 4 is 53.3 Å². The van der Waals surface area contributed by atoms with Crippen LogP contribution in [0.25, 0.3) is 0 Å². The van der Waals surface area contributed by atoms with Gasteiger partial charge in [-0.15, -0.1) is 0 Å². The van der Waals surface area contributed by atoms with Gasteiger partial charge in [0.05, 0.1) is 15.6 Å². The second-order valence-electron chi connectivity index (χ2n) is 6.17. The molecule has 1 N–H and O–H groups in total. The molecule has 0 aromatic heterocycles. The fraction of sp³-hybridized carbons (Fsp3) is 0.294. The van der Waals surface area contributed by atoms with Crippen LogP contribution in [-0.4, -0.2) is 34.2 Å². The van der Waals surface area contributed by atoms with Crippen LogP contribution in [0, 0.1) is 0 Å². The summed E-state index contributed by atoms with van der Waals surface area (Å²) in [6, 6.07) is 10.2. The molecule has 0 saturated carbocycles. The number of benzene rings is 2. The molecule has 1 aliphatic rings. The van der Waals surface area contributed by atoms with E-state index in [9.17, 15) is 16.8 Å². The highest BCUT2D eigenvalue weighted by atomic mass is 79.9. The molecule has 1 fully saturated rings. The van der Waals surface area contributed by atoms with Gasteiger partial charge in [-0.05, 0) is 49.2 Å². The van der Waals surface area contributed by atoms with Gasteiger partial charge in [0.1, 0.15) is 4.90 Å². The Morgan fingerprint density at radius 2 is 1.67 bits per heavy atom. The first-order valence-corrected chi connectivity index (χ1v) is 12.4. The van der Waals surface area contributed by atoms with Crippen LogP contribution < -0.4 is 4.72 Å². The van der Waals surface area contributed by atoms with Gasteiger partial charge in [0, 0.05) is 17.6 Å². The van der Waals surface area contributed by atoms with Crippen molar-refractivity contribution in [1.29, 1.82) is 0 Å². The van der Waals surface area contributed by atoms with Crippen LogP contribution in [0.15, 0.2) is 56.7 Å². The summed E-state index contributed by atoms with van der Waals surface area (Å²) in [6.07, 6.45) is 2.67. The molecule has 6 nitrogen and oxygen atoms in total. The summed E-state index contributed by atoms with van der Waals surface area (Å²) in [6.45, 7) is 0.958. The molecule has 0 spiro atoms. The third-order valence-corrected chi connectivity index (χ3v) is 8.47. The van der Waals surface area contributed by atoms with Crippen LogP contribution >= 0.6 is 27.5 Å². The Morgan fingerprint density at radius 1 is 0.963 bits per heavy atom. The third kappa shape index (κ3) is 4.65. The predicted molar refractivity (Wildman–Crippen MR) is 109 cm³/mol. The molecule has 0 unspecified atom stereocenters. The maximum absolute atomic E-state index is 12.8. The maximum atomic E-state index is 12.8. The van der Waals surface area contributed by atoms with E-state index >= 15 is 0 Å². The van der Waals surface area contributed by atoms with Crippen molar-refractivity contribution in [2.45, 2.75) is 29.1 Å². The monoisotopic (exact) mass is 492 g/mol. The Balaban J connectivity index is 1.89. The summed E-state index contributed by atoms with van der Waals surface area (Å²) in [5.74, 6) is 0. The second-order valence-corrected chi connectivity index (χ2v) is 11.1. The van der Waals surface area contributed by atoms with Gasteiger partial charge in [-0.1, -0.05) is 40.0 Å². The molecule has 146 valence electrons. The summed E-state index contributed by atoms with van der Waals surface area (Å²) in [5, 5.41) is 0.0639. The average Bonchev–Trinajstić information content (AvgIpc) is 2.62. The number of nitrogens with zero attached hydrogens (tertiary/aromatic N) is 1. The van der Waals surface area contributed by atoms with Gasteiger partial charge in [-0.25, -0.2) is 16.8 Å². The normalized spacial score (nSPS) is 16.2. The lowest BCUT2D eigenvalue weighted by molar-refractivity contribution is 0.346. The van der Waals surface area contributed by atoms with Crippen molar-refractivity contribution < 1.29 is 16.8 Å². The van der Waals surface area contributed by atoms with Crippen LogP contribution in [0.1, 0.15) is 19.3 Å².